The highest BCUT2D eigenvalue weighted by Crippen LogP contribution is 2.64. The average Bonchev–Trinajstić information content (AvgIpc) is 2.84. The molecule has 0 bridgehead atoms. The molecule has 0 saturated heterocycles. The molecule has 3 unspecified atom stereocenters. The summed E-state index contributed by atoms with van der Waals surface area (Å²) in [7, 11) is 0. The van der Waals surface area contributed by atoms with Gasteiger partial charge in [0.25, 0.3) is 0 Å². The zero-order valence-electron chi connectivity index (χ0n) is 14.2. The monoisotopic (exact) mass is 296 g/mol. The van der Waals surface area contributed by atoms with Crippen LogP contribution >= 0.6 is 0 Å². The lowest BCUT2D eigenvalue weighted by Crippen LogP contribution is -2.49. The predicted molar refractivity (Wildman–Crippen MR) is 90.4 cm³/mol. The molecule has 4 aliphatic rings. The first-order valence-corrected chi connectivity index (χ1v) is 9.13. The van der Waals surface area contributed by atoms with Crippen LogP contribution in [0.2, 0.25) is 0 Å². The first kappa shape index (κ1) is 14.5. The summed E-state index contributed by atoms with van der Waals surface area (Å²) < 4.78 is 0. The summed E-state index contributed by atoms with van der Waals surface area (Å²) in [4.78, 5) is 11.8. The van der Waals surface area contributed by atoms with Gasteiger partial charge in [0, 0.05) is 5.41 Å². The van der Waals surface area contributed by atoms with Gasteiger partial charge >= 0.3 is 0 Å². The molecule has 0 aromatic heterocycles. The lowest BCUT2D eigenvalue weighted by Gasteiger charge is -2.56. The Labute approximate surface area is 134 Å². The van der Waals surface area contributed by atoms with Gasteiger partial charge in [-0.25, -0.2) is 0 Å². The van der Waals surface area contributed by atoms with Gasteiger partial charge in [-0.15, -0.1) is 0 Å². The van der Waals surface area contributed by atoms with Crippen molar-refractivity contribution in [1.82, 2.24) is 0 Å². The van der Waals surface area contributed by atoms with E-state index in [0.29, 0.717) is 5.41 Å². The maximum absolute atomic E-state index is 11.8. The number of allylic oxidation sites excluding steroid dienone is 6. The predicted octanol–water partition coefficient (Wildman–Crippen LogP) is 5.24. The number of carbonyl (C=O) groups excluding carboxylic acids is 1. The SMILES string of the molecule is CCC1=CCC2C3CCC4=CC(=O)C=C[C@]4(C)C3CC[C@]12C. The molecule has 1 heteroatoms. The minimum Gasteiger partial charge on any atom is -0.290 e. The Morgan fingerprint density at radius 3 is 2.82 bits per heavy atom. The molecule has 0 radical (unpaired) electrons. The second kappa shape index (κ2) is 4.69. The summed E-state index contributed by atoms with van der Waals surface area (Å²) in [6.45, 7) is 7.25. The van der Waals surface area contributed by atoms with Crippen molar-refractivity contribution in [3.8, 4) is 0 Å². The van der Waals surface area contributed by atoms with Gasteiger partial charge in [-0.2, -0.15) is 0 Å². The molecule has 4 aliphatic carbocycles. The van der Waals surface area contributed by atoms with E-state index in [4.69, 9.17) is 0 Å². The van der Waals surface area contributed by atoms with Crippen molar-refractivity contribution in [3.05, 3.63) is 35.5 Å². The van der Waals surface area contributed by atoms with Gasteiger partial charge in [0.1, 0.15) is 0 Å². The van der Waals surface area contributed by atoms with E-state index < -0.39 is 0 Å². The van der Waals surface area contributed by atoms with E-state index in [1.165, 1.54) is 37.7 Å². The zero-order chi connectivity index (χ0) is 15.5. The van der Waals surface area contributed by atoms with Crippen LogP contribution in [0.5, 0.6) is 0 Å². The van der Waals surface area contributed by atoms with Crippen LogP contribution in [-0.4, -0.2) is 5.78 Å². The van der Waals surface area contributed by atoms with Crippen LogP contribution in [0.3, 0.4) is 0 Å². The van der Waals surface area contributed by atoms with E-state index in [2.05, 4.69) is 32.9 Å². The van der Waals surface area contributed by atoms with Crippen molar-refractivity contribution in [1.29, 1.82) is 0 Å². The van der Waals surface area contributed by atoms with Crippen LogP contribution < -0.4 is 0 Å². The van der Waals surface area contributed by atoms with Gasteiger partial charge in [0.15, 0.2) is 5.78 Å². The number of carbonyl (C=O) groups is 1. The average molecular weight is 296 g/mol. The van der Waals surface area contributed by atoms with Gasteiger partial charge < -0.3 is 0 Å². The van der Waals surface area contributed by atoms with Crippen molar-refractivity contribution in [2.24, 2.45) is 28.6 Å². The second-order valence-corrected chi connectivity index (χ2v) is 8.38. The van der Waals surface area contributed by atoms with E-state index in [0.717, 1.165) is 24.2 Å². The standard InChI is InChI=1S/C21H28O/c1-4-14-6-8-18-17-7-5-15-13-16(22)9-11-21(15,3)19(17)10-12-20(14,18)2/h6,9,11,13,17-19H,4-5,7-8,10,12H2,1-3H3/t17?,18?,19?,20-,21+/m1/s1. The van der Waals surface area contributed by atoms with Crippen LogP contribution in [-0.2, 0) is 4.79 Å². The first-order chi connectivity index (χ1) is 10.5. The third kappa shape index (κ3) is 1.74. The van der Waals surface area contributed by atoms with Gasteiger partial charge in [-0.1, -0.05) is 44.1 Å². The molecule has 0 aromatic carbocycles. The molecule has 0 spiro atoms. The van der Waals surface area contributed by atoms with Crippen LogP contribution in [0, 0.1) is 28.6 Å². The molecule has 4 rings (SSSR count). The van der Waals surface area contributed by atoms with E-state index >= 15 is 0 Å². The first-order valence-electron chi connectivity index (χ1n) is 9.13. The van der Waals surface area contributed by atoms with Gasteiger partial charge in [0.2, 0.25) is 0 Å². The maximum atomic E-state index is 11.8. The quantitative estimate of drug-likeness (QED) is 0.605. The molecule has 2 saturated carbocycles. The normalized spacial score (nSPS) is 46.5. The third-order valence-corrected chi connectivity index (χ3v) is 7.68. The third-order valence-electron chi connectivity index (χ3n) is 7.68. The minimum atomic E-state index is 0.146. The molecule has 0 N–H and O–H groups in total. The minimum absolute atomic E-state index is 0.146. The van der Waals surface area contributed by atoms with Crippen LogP contribution in [0.15, 0.2) is 35.5 Å². The Hall–Kier alpha value is -1.11. The Balaban J connectivity index is 1.69. The summed E-state index contributed by atoms with van der Waals surface area (Å²) >= 11 is 0. The number of hydrogen-bond acceptors (Lipinski definition) is 1. The molecular weight excluding hydrogens is 268 g/mol. The van der Waals surface area contributed by atoms with Crippen molar-refractivity contribution >= 4 is 5.78 Å². The number of fused-ring (bicyclic) bond motifs is 5. The van der Waals surface area contributed by atoms with E-state index in [1.54, 1.807) is 5.57 Å². The summed E-state index contributed by atoms with van der Waals surface area (Å²) in [6, 6.07) is 0. The van der Waals surface area contributed by atoms with Crippen LogP contribution in [0.25, 0.3) is 0 Å². The van der Waals surface area contributed by atoms with Gasteiger partial charge in [-0.3, -0.25) is 4.79 Å². The molecular formula is C21H28O. The molecule has 1 nitrogen and oxygen atoms in total. The molecule has 22 heavy (non-hydrogen) atoms. The number of hydrogen-bond donors (Lipinski definition) is 0. The van der Waals surface area contributed by atoms with Crippen molar-refractivity contribution in [2.75, 3.05) is 0 Å². The highest BCUT2D eigenvalue weighted by molar-refractivity contribution is 6.01. The molecule has 0 amide bonds. The summed E-state index contributed by atoms with van der Waals surface area (Å²) in [5, 5.41) is 0. The van der Waals surface area contributed by atoms with E-state index in [1.807, 2.05) is 12.2 Å². The van der Waals surface area contributed by atoms with Crippen molar-refractivity contribution < 1.29 is 4.79 Å². The van der Waals surface area contributed by atoms with E-state index in [9.17, 15) is 4.79 Å². The number of ketones is 1. The molecule has 2 fully saturated rings. The lowest BCUT2D eigenvalue weighted by molar-refractivity contribution is -0.111. The van der Waals surface area contributed by atoms with E-state index in [-0.39, 0.29) is 11.2 Å². The van der Waals surface area contributed by atoms with Crippen molar-refractivity contribution in [3.63, 3.8) is 0 Å². The molecule has 5 atom stereocenters. The largest absolute Gasteiger partial charge is 0.290 e. The van der Waals surface area contributed by atoms with Crippen molar-refractivity contribution in [2.45, 2.75) is 59.3 Å². The fourth-order valence-electron chi connectivity index (χ4n) is 6.40. The topological polar surface area (TPSA) is 17.1 Å². The Morgan fingerprint density at radius 1 is 1.23 bits per heavy atom. The summed E-state index contributed by atoms with van der Waals surface area (Å²) in [6.07, 6.45) is 16.1. The smallest absolute Gasteiger partial charge is 0.178 e. The molecule has 0 aromatic rings. The molecule has 0 heterocycles. The summed E-state index contributed by atoms with van der Waals surface area (Å²) in [5.74, 6) is 2.60. The summed E-state index contributed by atoms with van der Waals surface area (Å²) in [5.41, 5.74) is 3.73. The second-order valence-electron chi connectivity index (χ2n) is 8.38. The Morgan fingerprint density at radius 2 is 2.05 bits per heavy atom. The van der Waals surface area contributed by atoms with Gasteiger partial charge in [-0.05, 0) is 73.8 Å². The van der Waals surface area contributed by atoms with Crippen LogP contribution in [0.4, 0.5) is 0 Å². The molecule has 0 aliphatic heterocycles. The zero-order valence-corrected chi connectivity index (χ0v) is 14.2. The van der Waals surface area contributed by atoms with Crippen LogP contribution in [0.1, 0.15) is 59.3 Å². The fraction of sp³-hybridized carbons (Fsp3) is 0.667. The molecule has 118 valence electrons. The maximum Gasteiger partial charge on any atom is 0.178 e. The highest BCUT2D eigenvalue weighted by atomic mass is 16.1. The van der Waals surface area contributed by atoms with Gasteiger partial charge in [0.05, 0.1) is 0 Å². The Bertz CT molecular complexity index is 607. The highest BCUT2D eigenvalue weighted by Gasteiger charge is 2.55. The lowest BCUT2D eigenvalue weighted by atomic mass is 9.48. The fourth-order valence-corrected chi connectivity index (χ4v) is 6.40. The Kier molecular flexibility index (Phi) is 3.09. The number of rotatable bonds is 1.